The van der Waals surface area contributed by atoms with Crippen molar-refractivity contribution in [2.24, 2.45) is 17.8 Å². The summed E-state index contributed by atoms with van der Waals surface area (Å²) in [4.78, 5) is 0. The smallest absolute Gasteiger partial charge is 0.0126 e. The van der Waals surface area contributed by atoms with Gasteiger partial charge in [-0.05, 0) is 43.6 Å². The summed E-state index contributed by atoms with van der Waals surface area (Å²) in [5.41, 5.74) is 0. The van der Waals surface area contributed by atoms with E-state index < -0.39 is 0 Å². The molecule has 0 spiro atoms. The van der Waals surface area contributed by atoms with Gasteiger partial charge in [-0.3, -0.25) is 0 Å². The second-order valence-corrected chi connectivity index (χ2v) is 6.60. The lowest BCUT2D eigenvalue weighted by Crippen LogP contribution is -2.46. The molecule has 18 heavy (non-hydrogen) atoms. The molecule has 2 fully saturated rings. The van der Waals surface area contributed by atoms with E-state index in [2.05, 4.69) is 19.2 Å². The van der Waals surface area contributed by atoms with Crippen LogP contribution in [0, 0.1) is 17.8 Å². The summed E-state index contributed by atoms with van der Waals surface area (Å²) in [6.45, 7) is 5.86. The quantitative estimate of drug-likeness (QED) is 0.743. The molecule has 0 aromatic heterocycles. The van der Waals surface area contributed by atoms with Gasteiger partial charge in [-0.15, -0.1) is 0 Å². The third-order valence-electron chi connectivity index (χ3n) is 5.55. The number of hydrogen-bond acceptors (Lipinski definition) is 1. The van der Waals surface area contributed by atoms with Crippen LogP contribution in [0.3, 0.4) is 0 Å². The van der Waals surface area contributed by atoms with Crippen LogP contribution in [-0.2, 0) is 0 Å². The SMILES string of the molecule is CCNC(C1CCCCC1)C1CCCCC1CC. The lowest BCUT2D eigenvalue weighted by molar-refractivity contribution is 0.120. The Morgan fingerprint density at radius 1 is 0.889 bits per heavy atom. The lowest BCUT2D eigenvalue weighted by atomic mass is 9.68. The molecule has 0 saturated heterocycles. The average Bonchev–Trinajstić information content (AvgIpc) is 2.46. The molecule has 0 aromatic carbocycles. The van der Waals surface area contributed by atoms with Crippen molar-refractivity contribution in [3.63, 3.8) is 0 Å². The van der Waals surface area contributed by atoms with E-state index in [-0.39, 0.29) is 0 Å². The highest BCUT2D eigenvalue weighted by Crippen LogP contribution is 2.39. The van der Waals surface area contributed by atoms with Crippen LogP contribution in [0.5, 0.6) is 0 Å². The molecule has 2 aliphatic carbocycles. The van der Waals surface area contributed by atoms with Gasteiger partial charge in [0, 0.05) is 6.04 Å². The molecule has 0 amide bonds. The fourth-order valence-electron chi connectivity index (χ4n) is 4.61. The zero-order valence-electron chi connectivity index (χ0n) is 12.6. The van der Waals surface area contributed by atoms with Crippen LogP contribution in [0.2, 0.25) is 0 Å². The van der Waals surface area contributed by atoms with Gasteiger partial charge in [0.15, 0.2) is 0 Å². The summed E-state index contributed by atoms with van der Waals surface area (Å²) in [6.07, 6.45) is 14.8. The Hall–Kier alpha value is -0.0400. The van der Waals surface area contributed by atoms with Crippen molar-refractivity contribution in [1.82, 2.24) is 5.32 Å². The molecule has 2 saturated carbocycles. The normalized spacial score (nSPS) is 32.3. The maximum atomic E-state index is 3.89. The second kappa shape index (κ2) is 7.53. The fourth-order valence-corrected chi connectivity index (χ4v) is 4.61. The molecular formula is C17H33N. The minimum Gasteiger partial charge on any atom is -0.314 e. The average molecular weight is 251 g/mol. The highest BCUT2D eigenvalue weighted by atomic mass is 14.9. The predicted molar refractivity (Wildman–Crippen MR) is 79.8 cm³/mol. The van der Waals surface area contributed by atoms with Gasteiger partial charge in [-0.2, -0.15) is 0 Å². The number of nitrogens with one attached hydrogen (secondary N) is 1. The summed E-state index contributed by atoms with van der Waals surface area (Å²) in [7, 11) is 0. The zero-order valence-corrected chi connectivity index (χ0v) is 12.6. The molecule has 0 radical (unpaired) electrons. The third kappa shape index (κ3) is 3.50. The molecule has 1 nitrogen and oxygen atoms in total. The van der Waals surface area contributed by atoms with Gasteiger partial charge in [0.1, 0.15) is 0 Å². The molecule has 0 bridgehead atoms. The Labute approximate surface area is 114 Å². The number of hydrogen-bond donors (Lipinski definition) is 1. The van der Waals surface area contributed by atoms with Crippen LogP contribution >= 0.6 is 0 Å². The Balaban J connectivity index is 2.01. The van der Waals surface area contributed by atoms with E-state index >= 15 is 0 Å². The van der Waals surface area contributed by atoms with Gasteiger partial charge >= 0.3 is 0 Å². The van der Waals surface area contributed by atoms with Crippen molar-refractivity contribution in [3.8, 4) is 0 Å². The fraction of sp³-hybridized carbons (Fsp3) is 1.00. The van der Waals surface area contributed by atoms with E-state index in [1.54, 1.807) is 0 Å². The summed E-state index contributed by atoms with van der Waals surface area (Å²) < 4.78 is 0. The van der Waals surface area contributed by atoms with Gasteiger partial charge in [-0.1, -0.05) is 58.8 Å². The molecule has 3 atom stereocenters. The van der Waals surface area contributed by atoms with E-state index in [1.165, 1.54) is 64.2 Å². The maximum absolute atomic E-state index is 3.89. The van der Waals surface area contributed by atoms with Crippen molar-refractivity contribution < 1.29 is 0 Å². The van der Waals surface area contributed by atoms with Crippen molar-refractivity contribution in [1.29, 1.82) is 0 Å². The van der Waals surface area contributed by atoms with E-state index in [9.17, 15) is 0 Å². The molecule has 0 aromatic rings. The molecule has 3 unspecified atom stereocenters. The zero-order chi connectivity index (χ0) is 12.8. The molecule has 2 rings (SSSR count). The van der Waals surface area contributed by atoms with Crippen LogP contribution in [0.25, 0.3) is 0 Å². The van der Waals surface area contributed by atoms with Crippen LogP contribution in [0.1, 0.15) is 78.1 Å². The van der Waals surface area contributed by atoms with Gasteiger partial charge in [-0.25, -0.2) is 0 Å². The van der Waals surface area contributed by atoms with Crippen LogP contribution in [0.15, 0.2) is 0 Å². The summed E-state index contributed by atoms with van der Waals surface area (Å²) in [6, 6.07) is 0.834. The van der Waals surface area contributed by atoms with E-state index in [0.29, 0.717) is 0 Å². The maximum Gasteiger partial charge on any atom is 0.0126 e. The standard InChI is InChI=1S/C17H33N/c1-3-14-10-8-9-13-16(14)17(18-4-2)15-11-6-5-7-12-15/h14-18H,3-13H2,1-2H3. The first-order valence-electron chi connectivity index (χ1n) is 8.60. The van der Waals surface area contributed by atoms with E-state index in [1.807, 2.05) is 0 Å². The van der Waals surface area contributed by atoms with E-state index in [4.69, 9.17) is 0 Å². The molecule has 0 aliphatic heterocycles. The van der Waals surface area contributed by atoms with Crippen LogP contribution in [-0.4, -0.2) is 12.6 Å². The van der Waals surface area contributed by atoms with E-state index in [0.717, 1.165) is 30.3 Å². The molecule has 0 heterocycles. The second-order valence-electron chi connectivity index (χ2n) is 6.60. The topological polar surface area (TPSA) is 12.0 Å². The summed E-state index contributed by atoms with van der Waals surface area (Å²) in [5.74, 6) is 2.97. The minimum absolute atomic E-state index is 0.834. The Kier molecular flexibility index (Phi) is 6.01. The molecule has 106 valence electrons. The van der Waals surface area contributed by atoms with Gasteiger partial charge in [0.2, 0.25) is 0 Å². The van der Waals surface area contributed by atoms with Crippen molar-refractivity contribution in [2.75, 3.05) is 6.54 Å². The highest BCUT2D eigenvalue weighted by molar-refractivity contribution is 4.89. The third-order valence-corrected chi connectivity index (χ3v) is 5.55. The van der Waals surface area contributed by atoms with Crippen LogP contribution in [0.4, 0.5) is 0 Å². The van der Waals surface area contributed by atoms with Gasteiger partial charge in [0.25, 0.3) is 0 Å². The first kappa shape index (κ1) is 14.4. The monoisotopic (exact) mass is 251 g/mol. The Morgan fingerprint density at radius 3 is 2.22 bits per heavy atom. The largest absolute Gasteiger partial charge is 0.314 e. The Bertz CT molecular complexity index is 220. The van der Waals surface area contributed by atoms with Crippen molar-refractivity contribution in [3.05, 3.63) is 0 Å². The molecule has 2 aliphatic rings. The Morgan fingerprint density at radius 2 is 1.56 bits per heavy atom. The van der Waals surface area contributed by atoms with Crippen molar-refractivity contribution in [2.45, 2.75) is 84.1 Å². The van der Waals surface area contributed by atoms with Crippen molar-refractivity contribution >= 4 is 0 Å². The molecular weight excluding hydrogens is 218 g/mol. The molecule has 1 N–H and O–H groups in total. The van der Waals surface area contributed by atoms with Crippen LogP contribution < -0.4 is 5.32 Å². The molecule has 1 heteroatoms. The van der Waals surface area contributed by atoms with Gasteiger partial charge in [0.05, 0.1) is 0 Å². The first-order valence-corrected chi connectivity index (χ1v) is 8.60. The predicted octanol–water partition coefficient (Wildman–Crippen LogP) is 4.76. The lowest BCUT2D eigenvalue weighted by Gasteiger charge is -2.42. The summed E-state index contributed by atoms with van der Waals surface area (Å²) >= 11 is 0. The summed E-state index contributed by atoms with van der Waals surface area (Å²) in [5, 5.41) is 3.89. The number of rotatable bonds is 5. The first-order chi connectivity index (χ1) is 8.86. The van der Waals surface area contributed by atoms with Gasteiger partial charge < -0.3 is 5.32 Å². The minimum atomic E-state index is 0.834. The highest BCUT2D eigenvalue weighted by Gasteiger charge is 2.35.